The van der Waals surface area contributed by atoms with Crippen LogP contribution in [0.5, 0.6) is 5.75 Å². The first-order valence-corrected chi connectivity index (χ1v) is 7.81. The number of carbonyl (C=O) groups excluding carboxylic acids is 1. The number of para-hydroxylation sites is 2. The van der Waals surface area contributed by atoms with Crippen LogP contribution in [0.2, 0.25) is 10.0 Å². The van der Waals surface area contributed by atoms with Crippen molar-refractivity contribution in [1.29, 1.82) is 0 Å². The van der Waals surface area contributed by atoms with Gasteiger partial charge in [-0.2, -0.15) is 0 Å². The zero-order valence-electron chi connectivity index (χ0n) is 12.7. The summed E-state index contributed by atoms with van der Waals surface area (Å²) in [5.41, 5.74) is 0.497. The lowest BCUT2D eigenvalue weighted by atomic mass is 10.2. The van der Waals surface area contributed by atoms with E-state index in [0.717, 1.165) is 6.07 Å². The van der Waals surface area contributed by atoms with Crippen LogP contribution in [0.15, 0.2) is 36.4 Å². The van der Waals surface area contributed by atoms with Gasteiger partial charge in [-0.25, -0.2) is 4.39 Å². The first kappa shape index (κ1) is 17.6. The molecule has 2 aromatic carbocycles. The van der Waals surface area contributed by atoms with Crippen LogP contribution in [-0.2, 0) is 0 Å². The molecule has 0 atom stereocenters. The molecule has 23 heavy (non-hydrogen) atoms. The van der Waals surface area contributed by atoms with Gasteiger partial charge in [-0.15, -0.1) is 0 Å². The minimum absolute atomic E-state index is 0.00669. The summed E-state index contributed by atoms with van der Waals surface area (Å²) >= 11 is 11.6. The zero-order valence-corrected chi connectivity index (χ0v) is 14.2. The SMILES string of the molecule is CC(C)COc1ccccc1NC(=O)c1cc(F)c(Cl)cc1Cl. The second-order valence-corrected chi connectivity index (χ2v) is 6.22. The molecular formula is C17H16Cl2FNO2. The van der Waals surface area contributed by atoms with E-state index in [1.807, 2.05) is 13.8 Å². The fourth-order valence-corrected chi connectivity index (χ4v) is 2.31. The van der Waals surface area contributed by atoms with Crippen LogP contribution in [-0.4, -0.2) is 12.5 Å². The first-order chi connectivity index (χ1) is 10.9. The number of rotatable bonds is 5. The van der Waals surface area contributed by atoms with Crippen molar-refractivity contribution in [3.63, 3.8) is 0 Å². The highest BCUT2D eigenvalue weighted by Crippen LogP contribution is 2.28. The number of carbonyl (C=O) groups is 1. The van der Waals surface area contributed by atoms with Crippen LogP contribution >= 0.6 is 23.2 Å². The van der Waals surface area contributed by atoms with Crippen molar-refractivity contribution in [2.75, 3.05) is 11.9 Å². The molecule has 0 bridgehead atoms. The maximum absolute atomic E-state index is 13.6. The second-order valence-electron chi connectivity index (χ2n) is 5.40. The van der Waals surface area contributed by atoms with E-state index < -0.39 is 11.7 Å². The van der Waals surface area contributed by atoms with Crippen molar-refractivity contribution in [3.8, 4) is 5.75 Å². The summed E-state index contributed by atoms with van der Waals surface area (Å²) in [5, 5.41) is 2.63. The number of amides is 1. The number of nitrogens with one attached hydrogen (secondary N) is 1. The molecule has 0 aliphatic carbocycles. The highest BCUT2D eigenvalue weighted by molar-refractivity contribution is 6.37. The number of hydrogen-bond acceptors (Lipinski definition) is 2. The van der Waals surface area contributed by atoms with Crippen molar-refractivity contribution in [2.24, 2.45) is 5.92 Å². The third kappa shape index (κ3) is 4.60. The standard InChI is InChI=1S/C17H16Cl2FNO2/c1-10(2)9-23-16-6-4-3-5-15(16)21-17(22)11-7-14(20)13(19)8-12(11)18/h3-8,10H,9H2,1-2H3,(H,21,22). The molecular weight excluding hydrogens is 340 g/mol. The molecule has 2 aromatic rings. The molecule has 0 fully saturated rings. The molecule has 0 spiro atoms. The van der Waals surface area contributed by atoms with Gasteiger partial charge in [-0.1, -0.05) is 49.2 Å². The lowest BCUT2D eigenvalue weighted by molar-refractivity contribution is 0.102. The summed E-state index contributed by atoms with van der Waals surface area (Å²) in [4.78, 5) is 12.3. The quantitative estimate of drug-likeness (QED) is 0.727. The average molecular weight is 356 g/mol. The number of ether oxygens (including phenoxy) is 1. The molecule has 0 saturated heterocycles. The maximum atomic E-state index is 13.6. The normalized spacial score (nSPS) is 10.7. The van der Waals surface area contributed by atoms with Gasteiger partial charge in [0.15, 0.2) is 0 Å². The molecule has 122 valence electrons. The van der Waals surface area contributed by atoms with Crippen molar-refractivity contribution < 1.29 is 13.9 Å². The minimum Gasteiger partial charge on any atom is -0.491 e. The Bertz CT molecular complexity index is 720. The van der Waals surface area contributed by atoms with Crippen LogP contribution < -0.4 is 10.1 Å². The van der Waals surface area contributed by atoms with Gasteiger partial charge in [0.05, 0.1) is 27.9 Å². The lowest BCUT2D eigenvalue weighted by Gasteiger charge is -2.14. The van der Waals surface area contributed by atoms with Crippen molar-refractivity contribution in [1.82, 2.24) is 0 Å². The molecule has 0 saturated carbocycles. The van der Waals surface area contributed by atoms with Gasteiger partial charge in [0.2, 0.25) is 0 Å². The lowest BCUT2D eigenvalue weighted by Crippen LogP contribution is -2.14. The topological polar surface area (TPSA) is 38.3 Å². The van der Waals surface area contributed by atoms with Crippen molar-refractivity contribution >= 4 is 34.8 Å². The Hall–Kier alpha value is -1.78. The fraction of sp³-hybridized carbons (Fsp3) is 0.235. The summed E-state index contributed by atoms with van der Waals surface area (Å²) < 4.78 is 19.2. The third-order valence-corrected chi connectivity index (χ3v) is 3.56. The number of benzene rings is 2. The third-order valence-electron chi connectivity index (χ3n) is 2.96. The van der Waals surface area contributed by atoms with Crippen LogP contribution in [0.25, 0.3) is 0 Å². The average Bonchev–Trinajstić information content (AvgIpc) is 2.49. The molecule has 0 aliphatic heterocycles. The Morgan fingerprint density at radius 1 is 1.22 bits per heavy atom. The number of hydrogen-bond donors (Lipinski definition) is 1. The van der Waals surface area contributed by atoms with Gasteiger partial charge in [0.25, 0.3) is 5.91 Å². The Balaban J connectivity index is 2.22. The number of anilines is 1. The van der Waals surface area contributed by atoms with Crippen LogP contribution in [0.3, 0.4) is 0 Å². The number of halogens is 3. The molecule has 3 nitrogen and oxygen atoms in total. The van der Waals surface area contributed by atoms with Crippen molar-refractivity contribution in [2.45, 2.75) is 13.8 Å². The van der Waals surface area contributed by atoms with E-state index in [1.165, 1.54) is 6.07 Å². The Morgan fingerprint density at radius 2 is 1.91 bits per heavy atom. The van der Waals surface area contributed by atoms with Crippen LogP contribution in [0.4, 0.5) is 10.1 Å². The van der Waals surface area contributed by atoms with Gasteiger partial charge in [0.1, 0.15) is 11.6 Å². The Morgan fingerprint density at radius 3 is 2.61 bits per heavy atom. The predicted octanol–water partition coefficient (Wildman–Crippen LogP) is 5.42. The van der Waals surface area contributed by atoms with Gasteiger partial charge in [0, 0.05) is 0 Å². The van der Waals surface area contributed by atoms with E-state index in [9.17, 15) is 9.18 Å². The van der Waals surface area contributed by atoms with Crippen LogP contribution in [0.1, 0.15) is 24.2 Å². The largest absolute Gasteiger partial charge is 0.491 e. The van der Waals surface area contributed by atoms with Crippen LogP contribution in [0, 0.1) is 11.7 Å². The van der Waals surface area contributed by atoms with Crippen molar-refractivity contribution in [3.05, 3.63) is 57.8 Å². The van der Waals surface area contributed by atoms with Gasteiger partial charge in [-0.05, 0) is 30.2 Å². The van der Waals surface area contributed by atoms with Gasteiger partial charge >= 0.3 is 0 Å². The second kappa shape index (κ2) is 7.66. The van der Waals surface area contributed by atoms with E-state index in [0.29, 0.717) is 24.0 Å². The van der Waals surface area contributed by atoms with E-state index >= 15 is 0 Å². The monoisotopic (exact) mass is 355 g/mol. The first-order valence-electron chi connectivity index (χ1n) is 7.06. The summed E-state index contributed by atoms with van der Waals surface area (Å²) in [7, 11) is 0. The highest BCUT2D eigenvalue weighted by atomic mass is 35.5. The Labute approximate surface area is 144 Å². The summed E-state index contributed by atoms with van der Waals surface area (Å²) in [5.74, 6) is -0.351. The molecule has 0 aromatic heterocycles. The summed E-state index contributed by atoms with van der Waals surface area (Å²) in [6.45, 7) is 4.57. The fourth-order valence-electron chi connectivity index (χ4n) is 1.84. The molecule has 0 unspecified atom stereocenters. The molecule has 6 heteroatoms. The van der Waals surface area contributed by atoms with E-state index in [4.69, 9.17) is 27.9 Å². The van der Waals surface area contributed by atoms with E-state index in [1.54, 1.807) is 24.3 Å². The molecule has 0 heterocycles. The van der Waals surface area contributed by atoms with E-state index in [2.05, 4.69) is 5.32 Å². The minimum atomic E-state index is -0.703. The molecule has 2 rings (SSSR count). The molecule has 1 amide bonds. The van der Waals surface area contributed by atoms with Gasteiger partial charge < -0.3 is 10.1 Å². The maximum Gasteiger partial charge on any atom is 0.257 e. The molecule has 0 radical (unpaired) electrons. The summed E-state index contributed by atoms with van der Waals surface area (Å²) in [6, 6.07) is 9.24. The highest BCUT2D eigenvalue weighted by Gasteiger charge is 2.16. The summed E-state index contributed by atoms with van der Waals surface area (Å²) in [6.07, 6.45) is 0. The Kier molecular flexibility index (Phi) is 5.85. The predicted molar refractivity (Wildman–Crippen MR) is 91.1 cm³/mol. The zero-order chi connectivity index (χ0) is 17.0. The smallest absolute Gasteiger partial charge is 0.257 e. The van der Waals surface area contributed by atoms with E-state index in [-0.39, 0.29) is 15.6 Å². The molecule has 1 N–H and O–H groups in total. The molecule has 0 aliphatic rings. The van der Waals surface area contributed by atoms with Gasteiger partial charge in [-0.3, -0.25) is 4.79 Å².